The van der Waals surface area contributed by atoms with Crippen molar-refractivity contribution in [2.24, 2.45) is 0 Å². The Bertz CT molecular complexity index is 388. The third-order valence-electron chi connectivity index (χ3n) is 3.15. The van der Waals surface area contributed by atoms with Gasteiger partial charge in [0.15, 0.2) is 0 Å². The fraction of sp³-hybridized carbons (Fsp3) is 0.583. The summed E-state index contributed by atoms with van der Waals surface area (Å²) in [6, 6.07) is 4.04. The molecule has 1 aromatic rings. The smallest absolute Gasteiger partial charge is 0.129 e. The second-order valence-electron chi connectivity index (χ2n) is 4.19. The molecule has 2 rings (SSSR count). The van der Waals surface area contributed by atoms with Crippen molar-refractivity contribution in [2.75, 3.05) is 32.2 Å². The second kappa shape index (κ2) is 5.33. The Morgan fingerprint density at radius 2 is 1.82 bits per heavy atom. The Balaban J connectivity index is 2.16. The first-order valence-electron chi connectivity index (χ1n) is 5.59. The van der Waals surface area contributed by atoms with Gasteiger partial charge in [-0.1, -0.05) is 0 Å². The molecule has 1 saturated heterocycles. The summed E-state index contributed by atoms with van der Waals surface area (Å²) in [5.41, 5.74) is 0.998. The van der Waals surface area contributed by atoms with Crippen LogP contribution in [0.5, 0.6) is 0 Å². The number of rotatable bonds is 3. The summed E-state index contributed by atoms with van der Waals surface area (Å²) >= 11 is 3.46. The van der Waals surface area contributed by atoms with Gasteiger partial charge in [-0.3, -0.25) is 0 Å². The first kappa shape index (κ1) is 12.8. The molecular formula is C12H17BrN2O2. The van der Waals surface area contributed by atoms with Crippen molar-refractivity contribution in [1.29, 1.82) is 0 Å². The fourth-order valence-electron chi connectivity index (χ4n) is 2.09. The Hall–Kier alpha value is -0.650. The maximum atomic E-state index is 5.42. The zero-order valence-corrected chi connectivity index (χ0v) is 11.9. The van der Waals surface area contributed by atoms with Crippen LogP contribution in [0.4, 0.5) is 5.82 Å². The van der Waals surface area contributed by atoms with Gasteiger partial charge in [0.05, 0.1) is 5.69 Å². The minimum atomic E-state index is 0.116. The lowest BCUT2D eigenvalue weighted by atomic mass is 10.3. The van der Waals surface area contributed by atoms with E-state index in [1.807, 2.05) is 19.1 Å². The number of halogens is 1. The molecule has 5 heteroatoms. The standard InChI is InChI=1S/C12H17BrN2O2/c1-8-9(13)4-5-12(14-8)15-6-10(16-2)11(7-15)17-3/h4-5,10-11H,6-7H2,1-3H3. The van der Waals surface area contributed by atoms with E-state index in [0.717, 1.165) is 29.1 Å². The number of hydrogen-bond donors (Lipinski definition) is 0. The van der Waals surface area contributed by atoms with Gasteiger partial charge in [-0.15, -0.1) is 0 Å². The van der Waals surface area contributed by atoms with Crippen molar-refractivity contribution < 1.29 is 9.47 Å². The molecule has 1 aliphatic rings. The zero-order valence-electron chi connectivity index (χ0n) is 10.3. The molecule has 2 atom stereocenters. The highest BCUT2D eigenvalue weighted by molar-refractivity contribution is 9.10. The molecule has 0 radical (unpaired) electrons. The van der Waals surface area contributed by atoms with Crippen molar-refractivity contribution in [3.05, 3.63) is 22.3 Å². The van der Waals surface area contributed by atoms with E-state index >= 15 is 0 Å². The van der Waals surface area contributed by atoms with Gasteiger partial charge >= 0.3 is 0 Å². The van der Waals surface area contributed by atoms with Gasteiger partial charge in [-0.25, -0.2) is 4.98 Å². The number of aromatic nitrogens is 1. The highest BCUT2D eigenvalue weighted by Gasteiger charge is 2.33. The Morgan fingerprint density at radius 3 is 2.29 bits per heavy atom. The van der Waals surface area contributed by atoms with Crippen molar-refractivity contribution >= 4 is 21.7 Å². The monoisotopic (exact) mass is 300 g/mol. The van der Waals surface area contributed by atoms with Gasteiger partial charge < -0.3 is 14.4 Å². The van der Waals surface area contributed by atoms with Gasteiger partial charge in [0.2, 0.25) is 0 Å². The summed E-state index contributed by atoms with van der Waals surface area (Å²) in [5, 5.41) is 0. The van der Waals surface area contributed by atoms with Crippen LogP contribution in [0.3, 0.4) is 0 Å². The van der Waals surface area contributed by atoms with Gasteiger partial charge in [-0.05, 0) is 35.0 Å². The van der Waals surface area contributed by atoms with Crippen molar-refractivity contribution in [2.45, 2.75) is 19.1 Å². The molecule has 0 bridgehead atoms. The normalized spacial score (nSPS) is 24.4. The number of pyridine rings is 1. The lowest BCUT2D eigenvalue weighted by Gasteiger charge is -2.17. The predicted molar refractivity (Wildman–Crippen MR) is 70.5 cm³/mol. The number of hydrogen-bond acceptors (Lipinski definition) is 4. The van der Waals surface area contributed by atoms with Crippen molar-refractivity contribution in [3.63, 3.8) is 0 Å². The Morgan fingerprint density at radius 1 is 1.24 bits per heavy atom. The predicted octanol–water partition coefficient (Wildman–Crippen LogP) is 2.00. The molecule has 0 saturated carbocycles. The fourth-order valence-corrected chi connectivity index (χ4v) is 2.31. The van der Waals surface area contributed by atoms with E-state index in [-0.39, 0.29) is 12.2 Å². The number of nitrogens with zero attached hydrogens (tertiary/aromatic N) is 2. The molecule has 1 fully saturated rings. The summed E-state index contributed by atoms with van der Waals surface area (Å²) in [5.74, 6) is 0.979. The first-order chi connectivity index (χ1) is 8.15. The molecule has 0 aromatic carbocycles. The molecule has 2 unspecified atom stereocenters. The maximum Gasteiger partial charge on any atom is 0.129 e. The number of methoxy groups -OCH3 is 2. The van der Waals surface area contributed by atoms with Gasteiger partial charge in [0.1, 0.15) is 18.0 Å². The number of ether oxygens (including phenoxy) is 2. The molecular weight excluding hydrogens is 284 g/mol. The van der Waals surface area contributed by atoms with Gasteiger partial charge in [-0.2, -0.15) is 0 Å². The van der Waals surface area contributed by atoms with Crippen LogP contribution in [0, 0.1) is 6.92 Å². The zero-order chi connectivity index (χ0) is 12.4. The van der Waals surface area contributed by atoms with E-state index in [9.17, 15) is 0 Å². The van der Waals surface area contributed by atoms with E-state index in [1.165, 1.54) is 0 Å². The molecule has 4 nitrogen and oxygen atoms in total. The Kier molecular flexibility index (Phi) is 4.01. The largest absolute Gasteiger partial charge is 0.377 e. The minimum Gasteiger partial charge on any atom is -0.377 e. The molecule has 0 amide bonds. The SMILES string of the molecule is COC1CN(c2ccc(Br)c(C)n2)CC1OC. The van der Waals surface area contributed by atoms with Crippen LogP contribution in [0.15, 0.2) is 16.6 Å². The molecule has 2 heterocycles. The molecule has 94 valence electrons. The Labute approximate surface area is 110 Å². The average Bonchev–Trinajstić information content (AvgIpc) is 2.75. The quantitative estimate of drug-likeness (QED) is 0.855. The lowest BCUT2D eigenvalue weighted by Crippen LogP contribution is -2.27. The van der Waals surface area contributed by atoms with Crippen LogP contribution in [-0.4, -0.2) is 44.5 Å². The van der Waals surface area contributed by atoms with Crippen LogP contribution >= 0.6 is 15.9 Å². The molecule has 1 aromatic heterocycles. The topological polar surface area (TPSA) is 34.6 Å². The average molecular weight is 301 g/mol. The third kappa shape index (κ3) is 2.61. The van der Waals surface area contributed by atoms with E-state index in [0.29, 0.717) is 0 Å². The molecule has 0 aliphatic carbocycles. The summed E-state index contributed by atoms with van der Waals surface area (Å²) < 4.78 is 11.9. The summed E-state index contributed by atoms with van der Waals surface area (Å²) in [7, 11) is 3.45. The highest BCUT2D eigenvalue weighted by Crippen LogP contribution is 2.24. The molecule has 0 N–H and O–H groups in total. The second-order valence-corrected chi connectivity index (χ2v) is 5.04. The number of aryl methyl sites for hydroxylation is 1. The van der Waals surface area contributed by atoms with E-state index in [4.69, 9.17) is 9.47 Å². The van der Waals surface area contributed by atoms with Crippen LogP contribution in [0.2, 0.25) is 0 Å². The van der Waals surface area contributed by atoms with Gasteiger partial charge in [0, 0.05) is 31.8 Å². The summed E-state index contributed by atoms with van der Waals surface area (Å²) in [6.45, 7) is 3.64. The molecule has 0 spiro atoms. The van der Waals surface area contributed by atoms with Crippen LogP contribution in [0.1, 0.15) is 5.69 Å². The van der Waals surface area contributed by atoms with Crippen molar-refractivity contribution in [3.8, 4) is 0 Å². The summed E-state index contributed by atoms with van der Waals surface area (Å²) in [4.78, 5) is 6.76. The first-order valence-corrected chi connectivity index (χ1v) is 6.38. The van der Waals surface area contributed by atoms with E-state index in [1.54, 1.807) is 14.2 Å². The molecule has 17 heavy (non-hydrogen) atoms. The van der Waals surface area contributed by atoms with E-state index in [2.05, 4.69) is 25.8 Å². The highest BCUT2D eigenvalue weighted by atomic mass is 79.9. The van der Waals surface area contributed by atoms with Gasteiger partial charge in [0.25, 0.3) is 0 Å². The van der Waals surface area contributed by atoms with Crippen LogP contribution in [0.25, 0.3) is 0 Å². The molecule has 1 aliphatic heterocycles. The van der Waals surface area contributed by atoms with Crippen molar-refractivity contribution in [1.82, 2.24) is 4.98 Å². The van der Waals surface area contributed by atoms with E-state index < -0.39 is 0 Å². The van der Waals surface area contributed by atoms with Crippen LogP contribution < -0.4 is 4.90 Å². The third-order valence-corrected chi connectivity index (χ3v) is 3.99. The maximum absolute atomic E-state index is 5.42. The summed E-state index contributed by atoms with van der Waals surface area (Å²) in [6.07, 6.45) is 0.233. The number of anilines is 1. The van der Waals surface area contributed by atoms with Crippen LogP contribution in [-0.2, 0) is 9.47 Å². The lowest BCUT2D eigenvalue weighted by molar-refractivity contribution is -0.00461. The minimum absolute atomic E-state index is 0.116.